The van der Waals surface area contributed by atoms with Crippen molar-refractivity contribution in [3.8, 4) is 0 Å². The van der Waals surface area contributed by atoms with Crippen LogP contribution in [0.4, 0.5) is 0 Å². The number of carbonyl (C=O) groups is 2. The molecular weight excluding hydrogens is 300 g/mol. The van der Waals surface area contributed by atoms with E-state index in [4.69, 9.17) is 5.11 Å². The van der Waals surface area contributed by atoms with E-state index in [0.29, 0.717) is 0 Å². The van der Waals surface area contributed by atoms with Gasteiger partial charge in [-0.1, -0.05) is 78.2 Å². The molecule has 2 atom stereocenters. The topological polar surface area (TPSA) is 54.4 Å². The Morgan fingerprint density at radius 1 is 0.875 bits per heavy atom. The lowest BCUT2D eigenvalue weighted by molar-refractivity contribution is -0.131. The molecule has 0 aliphatic carbocycles. The maximum atomic E-state index is 10.6. The number of carboxylic acids is 1. The maximum Gasteiger partial charge on any atom is 0.327 e. The predicted octanol–water partition coefficient (Wildman–Crippen LogP) is 6.03. The molecule has 0 bridgehead atoms. The van der Waals surface area contributed by atoms with E-state index in [9.17, 15) is 9.59 Å². The molecule has 0 aromatic heterocycles. The molecule has 0 radical (unpaired) electrons. The van der Waals surface area contributed by atoms with Crippen LogP contribution >= 0.6 is 0 Å². The van der Waals surface area contributed by atoms with E-state index in [1.54, 1.807) is 6.08 Å². The van der Waals surface area contributed by atoms with Crippen molar-refractivity contribution in [1.82, 2.24) is 0 Å². The number of aliphatic carboxylic acids is 1. The Morgan fingerprint density at radius 2 is 1.50 bits per heavy atom. The summed E-state index contributed by atoms with van der Waals surface area (Å²) in [5.41, 5.74) is 0. The second kappa shape index (κ2) is 15.4. The Kier molecular flexibility index (Phi) is 14.7. The smallest absolute Gasteiger partial charge is 0.327 e. The summed E-state index contributed by atoms with van der Waals surface area (Å²) in [5, 5.41) is 8.60. The zero-order chi connectivity index (χ0) is 18.2. The molecule has 3 heteroatoms. The van der Waals surface area contributed by atoms with E-state index in [1.807, 2.05) is 6.92 Å². The van der Waals surface area contributed by atoms with E-state index in [2.05, 4.69) is 13.8 Å². The fourth-order valence-electron chi connectivity index (χ4n) is 3.03. The molecule has 0 aromatic carbocycles. The summed E-state index contributed by atoms with van der Waals surface area (Å²) in [6.45, 7) is 6.55. The van der Waals surface area contributed by atoms with Crippen LogP contribution in [0.1, 0.15) is 91.4 Å². The highest BCUT2D eigenvalue weighted by atomic mass is 16.4. The predicted molar refractivity (Wildman–Crippen MR) is 101 cm³/mol. The molecule has 24 heavy (non-hydrogen) atoms. The summed E-state index contributed by atoms with van der Waals surface area (Å²) in [6, 6.07) is 0. The normalized spacial score (nSPS) is 14.2. The van der Waals surface area contributed by atoms with Crippen molar-refractivity contribution in [2.75, 3.05) is 0 Å². The van der Waals surface area contributed by atoms with Crippen molar-refractivity contribution in [1.29, 1.82) is 0 Å². The largest absolute Gasteiger partial charge is 0.478 e. The molecule has 0 aromatic rings. The van der Waals surface area contributed by atoms with E-state index in [1.165, 1.54) is 51.0 Å². The minimum Gasteiger partial charge on any atom is -0.478 e. The maximum absolute atomic E-state index is 10.6. The van der Waals surface area contributed by atoms with Crippen LogP contribution < -0.4 is 0 Å². The summed E-state index contributed by atoms with van der Waals surface area (Å²) in [5.74, 6) is 0.890. The first-order valence-electron chi connectivity index (χ1n) is 9.80. The molecule has 3 nitrogen and oxygen atoms in total. The van der Waals surface area contributed by atoms with Gasteiger partial charge in [0.1, 0.15) is 6.29 Å². The number of unbranched alkanes of at least 4 members (excludes halogenated alkanes) is 4. The number of hydrogen-bond acceptors (Lipinski definition) is 2. The van der Waals surface area contributed by atoms with Gasteiger partial charge in [-0.3, -0.25) is 0 Å². The van der Waals surface area contributed by atoms with E-state index >= 15 is 0 Å². The molecule has 0 aliphatic heterocycles. The third-order valence-electron chi connectivity index (χ3n) is 4.65. The standard InChI is InChI=1S/C21H38O3/c1-18(2)15-16-20(13-9-6-10-14-21(23)24)12-8-5-4-7-11-19(3)17-22/h10,14,17-20H,4-9,11-13,15-16H2,1-3H3,(H,23,24). The van der Waals surface area contributed by atoms with Crippen molar-refractivity contribution < 1.29 is 14.7 Å². The van der Waals surface area contributed by atoms with Crippen molar-refractivity contribution in [3.63, 3.8) is 0 Å². The fraction of sp³-hybridized carbons (Fsp3) is 0.810. The van der Waals surface area contributed by atoms with Crippen LogP contribution in [0.2, 0.25) is 0 Å². The van der Waals surface area contributed by atoms with Gasteiger partial charge in [0.05, 0.1) is 0 Å². The van der Waals surface area contributed by atoms with Gasteiger partial charge < -0.3 is 9.90 Å². The monoisotopic (exact) mass is 338 g/mol. The average molecular weight is 339 g/mol. The van der Waals surface area contributed by atoms with Gasteiger partial charge in [0.2, 0.25) is 0 Å². The van der Waals surface area contributed by atoms with Gasteiger partial charge in [-0.15, -0.1) is 0 Å². The Labute approximate surface area is 148 Å². The molecule has 2 unspecified atom stereocenters. The number of hydrogen-bond donors (Lipinski definition) is 1. The molecule has 0 aliphatic rings. The molecule has 0 rings (SSSR count). The molecule has 1 N–H and O–H groups in total. The minimum atomic E-state index is -0.852. The highest BCUT2D eigenvalue weighted by molar-refractivity contribution is 5.79. The van der Waals surface area contributed by atoms with Crippen LogP contribution in [0.25, 0.3) is 0 Å². The number of carboxylic acid groups (broad SMARTS) is 1. The number of rotatable bonds is 16. The summed E-state index contributed by atoms with van der Waals surface area (Å²) in [4.78, 5) is 21.0. The summed E-state index contributed by atoms with van der Waals surface area (Å²) < 4.78 is 0. The third kappa shape index (κ3) is 15.8. The van der Waals surface area contributed by atoms with E-state index < -0.39 is 5.97 Å². The van der Waals surface area contributed by atoms with Gasteiger partial charge in [0.25, 0.3) is 0 Å². The zero-order valence-electron chi connectivity index (χ0n) is 16.0. The molecule has 0 spiro atoms. The summed E-state index contributed by atoms with van der Waals surface area (Å²) >= 11 is 0. The van der Waals surface area contributed by atoms with Crippen LogP contribution in [-0.2, 0) is 9.59 Å². The Morgan fingerprint density at radius 3 is 2.08 bits per heavy atom. The third-order valence-corrected chi connectivity index (χ3v) is 4.65. The SMILES string of the molecule is CC(C)CCC(CCCC=CC(=O)O)CCCCCCC(C)C=O. The molecular formula is C21H38O3. The van der Waals surface area contributed by atoms with Gasteiger partial charge in [-0.25, -0.2) is 4.79 Å². The van der Waals surface area contributed by atoms with Crippen LogP contribution in [0.15, 0.2) is 12.2 Å². The van der Waals surface area contributed by atoms with E-state index in [0.717, 1.165) is 43.8 Å². The Hall–Kier alpha value is -1.12. The fourth-order valence-corrected chi connectivity index (χ4v) is 3.03. The van der Waals surface area contributed by atoms with Crippen LogP contribution in [0.5, 0.6) is 0 Å². The summed E-state index contributed by atoms with van der Waals surface area (Å²) in [6.07, 6.45) is 17.1. The molecule has 0 saturated heterocycles. The van der Waals surface area contributed by atoms with Crippen molar-refractivity contribution in [2.45, 2.75) is 91.4 Å². The second-order valence-corrected chi connectivity index (χ2v) is 7.61. The zero-order valence-corrected chi connectivity index (χ0v) is 16.0. The van der Waals surface area contributed by atoms with Crippen LogP contribution in [0, 0.1) is 17.8 Å². The highest BCUT2D eigenvalue weighted by Gasteiger charge is 2.09. The molecule has 0 saturated carbocycles. The Balaban J connectivity index is 3.90. The van der Waals surface area contributed by atoms with Crippen LogP contribution in [0.3, 0.4) is 0 Å². The molecule has 140 valence electrons. The minimum absolute atomic E-state index is 0.211. The number of carbonyl (C=O) groups excluding carboxylic acids is 1. The first-order valence-corrected chi connectivity index (χ1v) is 9.80. The highest BCUT2D eigenvalue weighted by Crippen LogP contribution is 2.24. The van der Waals surface area contributed by atoms with Gasteiger partial charge in [0, 0.05) is 12.0 Å². The van der Waals surface area contributed by atoms with Gasteiger partial charge in [-0.05, 0) is 31.1 Å². The number of aldehydes is 1. The second-order valence-electron chi connectivity index (χ2n) is 7.61. The molecule has 0 heterocycles. The lowest BCUT2D eigenvalue weighted by atomic mass is 9.88. The van der Waals surface area contributed by atoms with Crippen molar-refractivity contribution >= 4 is 12.3 Å². The van der Waals surface area contributed by atoms with Crippen LogP contribution in [-0.4, -0.2) is 17.4 Å². The van der Waals surface area contributed by atoms with Gasteiger partial charge in [0.15, 0.2) is 0 Å². The number of allylic oxidation sites excluding steroid dienone is 1. The molecule has 0 amide bonds. The van der Waals surface area contributed by atoms with Crippen molar-refractivity contribution in [3.05, 3.63) is 12.2 Å². The van der Waals surface area contributed by atoms with Gasteiger partial charge in [-0.2, -0.15) is 0 Å². The lowest BCUT2D eigenvalue weighted by Crippen LogP contribution is -2.03. The quantitative estimate of drug-likeness (QED) is 0.212. The van der Waals surface area contributed by atoms with Crippen molar-refractivity contribution in [2.24, 2.45) is 17.8 Å². The van der Waals surface area contributed by atoms with Gasteiger partial charge >= 0.3 is 5.97 Å². The average Bonchev–Trinajstić information content (AvgIpc) is 2.53. The van der Waals surface area contributed by atoms with E-state index in [-0.39, 0.29) is 5.92 Å². The lowest BCUT2D eigenvalue weighted by Gasteiger charge is -2.18. The molecule has 0 fully saturated rings. The Bertz CT molecular complexity index is 347. The summed E-state index contributed by atoms with van der Waals surface area (Å²) in [7, 11) is 0. The first kappa shape index (κ1) is 22.9. The first-order chi connectivity index (χ1) is 11.5.